The Bertz CT molecular complexity index is 394. The van der Waals surface area contributed by atoms with Gasteiger partial charge in [-0.2, -0.15) is 0 Å². The maximum absolute atomic E-state index is 9.86. The molecular formula is C12H22O12. The summed E-state index contributed by atoms with van der Waals surface area (Å²) in [4.78, 5) is 9.45. The van der Waals surface area contributed by atoms with Crippen molar-refractivity contribution in [2.45, 2.75) is 61.4 Å². The average molecular weight is 358 g/mol. The van der Waals surface area contributed by atoms with E-state index in [0.717, 1.165) is 0 Å². The minimum absolute atomic E-state index is 0.657. The molecule has 0 unspecified atom stereocenters. The van der Waals surface area contributed by atoms with Crippen molar-refractivity contribution in [2.24, 2.45) is 0 Å². The van der Waals surface area contributed by atoms with Gasteiger partial charge in [0, 0.05) is 0 Å². The van der Waals surface area contributed by atoms with Crippen LogP contribution in [0.5, 0.6) is 0 Å². The van der Waals surface area contributed by atoms with Gasteiger partial charge in [-0.05, 0) is 0 Å². The lowest BCUT2D eigenvalue weighted by Crippen LogP contribution is -2.61. The van der Waals surface area contributed by atoms with Gasteiger partial charge in [0.05, 0.1) is 13.2 Å². The quantitative estimate of drug-likeness (QED) is 0.172. The smallest absolute Gasteiger partial charge is 0.220 e. The van der Waals surface area contributed by atoms with E-state index in [2.05, 4.69) is 0 Å². The molecule has 0 aromatic rings. The highest BCUT2D eigenvalue weighted by Gasteiger charge is 2.48. The van der Waals surface area contributed by atoms with Crippen LogP contribution >= 0.6 is 0 Å². The first-order valence-corrected chi connectivity index (χ1v) is 7.25. The number of hydrogen-bond donors (Lipinski definition) is 8. The minimum atomic E-state index is -1.77. The molecule has 2 aliphatic heterocycles. The van der Waals surface area contributed by atoms with E-state index in [1.54, 1.807) is 0 Å². The molecule has 0 radical (unpaired) electrons. The van der Waals surface area contributed by atoms with Crippen LogP contribution in [0.4, 0.5) is 0 Å². The zero-order chi connectivity index (χ0) is 18.0. The third kappa shape index (κ3) is 3.85. The Kier molecular flexibility index (Phi) is 6.83. The van der Waals surface area contributed by atoms with E-state index in [1.807, 2.05) is 0 Å². The van der Waals surface area contributed by atoms with E-state index < -0.39 is 74.6 Å². The minimum Gasteiger partial charge on any atom is -0.394 e. The largest absolute Gasteiger partial charge is 0.394 e. The average Bonchev–Trinajstić information content (AvgIpc) is 2.57. The molecule has 0 spiro atoms. The van der Waals surface area contributed by atoms with Crippen molar-refractivity contribution in [1.29, 1.82) is 0 Å². The van der Waals surface area contributed by atoms with Gasteiger partial charge in [-0.25, -0.2) is 9.78 Å². The molecule has 24 heavy (non-hydrogen) atoms. The molecule has 0 aromatic carbocycles. The van der Waals surface area contributed by atoms with Gasteiger partial charge in [0.15, 0.2) is 12.4 Å². The molecule has 2 heterocycles. The van der Waals surface area contributed by atoms with Gasteiger partial charge in [-0.3, -0.25) is 0 Å². The molecule has 2 rings (SSSR count). The summed E-state index contributed by atoms with van der Waals surface area (Å²) in [7, 11) is 0. The highest BCUT2D eigenvalue weighted by atomic mass is 17.2. The summed E-state index contributed by atoms with van der Waals surface area (Å²) in [6, 6.07) is 0. The van der Waals surface area contributed by atoms with Gasteiger partial charge in [0.25, 0.3) is 0 Å². The Morgan fingerprint density at radius 2 is 1.17 bits per heavy atom. The van der Waals surface area contributed by atoms with Crippen LogP contribution in [0.2, 0.25) is 0 Å². The summed E-state index contributed by atoms with van der Waals surface area (Å²) >= 11 is 0. The second kappa shape index (κ2) is 8.27. The Balaban J connectivity index is 1.96. The van der Waals surface area contributed by atoms with Crippen molar-refractivity contribution < 1.29 is 60.1 Å². The van der Waals surface area contributed by atoms with E-state index >= 15 is 0 Å². The van der Waals surface area contributed by atoms with E-state index in [9.17, 15) is 30.6 Å². The van der Waals surface area contributed by atoms with Gasteiger partial charge in [-0.15, -0.1) is 0 Å². The Morgan fingerprint density at radius 1 is 0.625 bits per heavy atom. The SMILES string of the molecule is OC[C@H]1O[C@H](OO[C@H]2[C@@H](O)[C@H](O)[C@@H](CO)O[C@@H]2O)[C@@H](O)[C@@H](O)[C@@H]1O. The first-order valence-electron chi connectivity index (χ1n) is 7.25. The Hall–Kier alpha value is -0.480. The first-order chi connectivity index (χ1) is 11.3. The molecule has 8 N–H and O–H groups in total. The molecule has 0 amide bonds. The predicted octanol–water partition coefficient (Wildman–Crippen LogP) is -5.47. The van der Waals surface area contributed by atoms with E-state index in [1.165, 1.54) is 0 Å². The molecule has 10 atom stereocenters. The van der Waals surface area contributed by atoms with Gasteiger partial charge >= 0.3 is 0 Å². The summed E-state index contributed by atoms with van der Waals surface area (Å²) in [5.74, 6) is 0. The molecule has 0 aliphatic carbocycles. The highest BCUT2D eigenvalue weighted by molar-refractivity contribution is 4.90. The van der Waals surface area contributed by atoms with E-state index in [0.29, 0.717) is 0 Å². The van der Waals surface area contributed by atoms with E-state index in [4.69, 9.17) is 29.5 Å². The molecule has 2 saturated heterocycles. The van der Waals surface area contributed by atoms with Crippen LogP contribution < -0.4 is 0 Å². The Labute approximate surface area is 135 Å². The molecule has 0 aromatic heterocycles. The van der Waals surface area contributed by atoms with Crippen molar-refractivity contribution >= 4 is 0 Å². The van der Waals surface area contributed by atoms with Crippen LogP contribution in [0, 0.1) is 0 Å². The fourth-order valence-electron chi connectivity index (χ4n) is 2.44. The third-order valence-electron chi connectivity index (χ3n) is 3.95. The lowest BCUT2D eigenvalue weighted by molar-refractivity contribution is -0.469. The van der Waals surface area contributed by atoms with Crippen LogP contribution in [0.1, 0.15) is 0 Å². The summed E-state index contributed by atoms with van der Waals surface area (Å²) in [6.45, 7) is -1.34. The second-order valence-corrected chi connectivity index (χ2v) is 5.58. The summed E-state index contributed by atoms with van der Waals surface area (Å²) in [5.41, 5.74) is 0. The molecule has 2 fully saturated rings. The van der Waals surface area contributed by atoms with Crippen molar-refractivity contribution in [3.63, 3.8) is 0 Å². The van der Waals surface area contributed by atoms with Crippen molar-refractivity contribution in [1.82, 2.24) is 0 Å². The normalized spacial score (nSPS) is 50.0. The van der Waals surface area contributed by atoms with Gasteiger partial charge in [-0.1, -0.05) is 0 Å². The second-order valence-electron chi connectivity index (χ2n) is 5.58. The van der Waals surface area contributed by atoms with Crippen molar-refractivity contribution in [3.8, 4) is 0 Å². The van der Waals surface area contributed by atoms with Crippen LogP contribution in [-0.4, -0.2) is 115 Å². The third-order valence-corrected chi connectivity index (χ3v) is 3.95. The maximum atomic E-state index is 9.86. The van der Waals surface area contributed by atoms with E-state index in [-0.39, 0.29) is 0 Å². The summed E-state index contributed by atoms with van der Waals surface area (Å²) < 4.78 is 9.83. The lowest BCUT2D eigenvalue weighted by Gasteiger charge is -2.41. The lowest BCUT2D eigenvalue weighted by atomic mass is 9.99. The van der Waals surface area contributed by atoms with Crippen LogP contribution in [0.3, 0.4) is 0 Å². The van der Waals surface area contributed by atoms with Crippen LogP contribution in [0.15, 0.2) is 0 Å². The predicted molar refractivity (Wildman–Crippen MR) is 69.7 cm³/mol. The highest BCUT2D eigenvalue weighted by Crippen LogP contribution is 2.26. The molecule has 0 bridgehead atoms. The molecule has 0 saturated carbocycles. The van der Waals surface area contributed by atoms with Crippen molar-refractivity contribution in [3.05, 3.63) is 0 Å². The van der Waals surface area contributed by atoms with Crippen LogP contribution in [0.25, 0.3) is 0 Å². The standard InChI is InChI=1S/C12H22O12/c13-1-3-6(16)8(18)10(11(20)21-3)23-24-12-9(19)7(17)5(15)4(2-14)22-12/h3-20H,1-2H2/t3-,4-,5-,6-,7+,8+,9+,10+,11+,12-/m1/s1. The molecule has 2 aliphatic rings. The van der Waals surface area contributed by atoms with Gasteiger partial charge < -0.3 is 50.3 Å². The fraction of sp³-hybridized carbons (Fsp3) is 1.00. The number of aliphatic hydroxyl groups excluding tert-OH is 8. The maximum Gasteiger partial charge on any atom is 0.220 e. The number of ether oxygens (including phenoxy) is 2. The zero-order valence-electron chi connectivity index (χ0n) is 12.4. The zero-order valence-corrected chi connectivity index (χ0v) is 12.4. The fourth-order valence-corrected chi connectivity index (χ4v) is 2.44. The molecule has 12 heteroatoms. The monoisotopic (exact) mass is 358 g/mol. The Morgan fingerprint density at radius 3 is 1.75 bits per heavy atom. The summed E-state index contributed by atoms with van der Waals surface area (Å²) in [5, 5.41) is 76.2. The molecule has 142 valence electrons. The molecular weight excluding hydrogens is 336 g/mol. The van der Waals surface area contributed by atoms with Gasteiger partial charge in [0.2, 0.25) is 6.29 Å². The first kappa shape index (κ1) is 19.8. The number of rotatable bonds is 5. The van der Waals surface area contributed by atoms with Crippen molar-refractivity contribution in [2.75, 3.05) is 13.2 Å². The van der Waals surface area contributed by atoms with Crippen LogP contribution in [-0.2, 0) is 19.2 Å². The summed E-state index contributed by atoms with van der Waals surface area (Å²) in [6.07, 6.45) is -15.8. The van der Waals surface area contributed by atoms with Gasteiger partial charge in [0.1, 0.15) is 42.7 Å². The number of aliphatic hydroxyl groups is 8. The number of hydrogen-bond acceptors (Lipinski definition) is 12. The topological polar surface area (TPSA) is 199 Å². The molecule has 12 nitrogen and oxygen atoms in total.